The molecule has 18 heavy (non-hydrogen) atoms. The minimum absolute atomic E-state index is 0.169. The first kappa shape index (κ1) is 15.4. The lowest BCUT2D eigenvalue weighted by molar-refractivity contribution is -0.141. The molecule has 1 rings (SSSR count). The van der Waals surface area contributed by atoms with Crippen LogP contribution in [0.2, 0.25) is 0 Å². The van der Waals surface area contributed by atoms with E-state index in [9.17, 15) is 4.79 Å². The van der Waals surface area contributed by atoms with Crippen LogP contribution in [0.5, 0.6) is 0 Å². The molecule has 5 heteroatoms. The first-order valence-corrected chi connectivity index (χ1v) is 6.76. The number of esters is 1. The molecule has 1 aliphatic carbocycles. The van der Waals surface area contributed by atoms with Crippen molar-refractivity contribution in [1.82, 2.24) is 0 Å². The van der Waals surface area contributed by atoms with Crippen LogP contribution in [0.15, 0.2) is 0 Å². The Morgan fingerprint density at radius 3 is 2.17 bits per heavy atom. The molecule has 0 aromatic rings. The van der Waals surface area contributed by atoms with Crippen molar-refractivity contribution in [2.75, 3.05) is 26.9 Å². The van der Waals surface area contributed by atoms with Crippen LogP contribution in [-0.4, -0.2) is 45.0 Å². The summed E-state index contributed by atoms with van der Waals surface area (Å²) in [4.78, 5) is 10.9. The molecule has 0 spiro atoms. The topological polar surface area (TPSA) is 70.8 Å². The summed E-state index contributed by atoms with van der Waals surface area (Å²) < 4.78 is 15.9. The summed E-state index contributed by atoms with van der Waals surface area (Å²) in [5.41, 5.74) is 5.40. The van der Waals surface area contributed by atoms with Gasteiger partial charge in [0.1, 0.15) is 0 Å². The number of ether oxygens (including phenoxy) is 3. The van der Waals surface area contributed by atoms with Crippen molar-refractivity contribution in [3.05, 3.63) is 0 Å². The van der Waals surface area contributed by atoms with E-state index in [-0.39, 0.29) is 5.97 Å². The van der Waals surface area contributed by atoms with Gasteiger partial charge in [-0.1, -0.05) is 0 Å². The van der Waals surface area contributed by atoms with E-state index in [2.05, 4.69) is 4.74 Å². The van der Waals surface area contributed by atoms with E-state index in [0.29, 0.717) is 38.4 Å². The second-order valence-electron chi connectivity index (χ2n) is 4.61. The van der Waals surface area contributed by atoms with Crippen molar-refractivity contribution in [3.63, 3.8) is 0 Å². The average molecular weight is 259 g/mol. The molecular weight excluding hydrogens is 234 g/mol. The number of methoxy groups -OCH3 is 1. The van der Waals surface area contributed by atoms with Crippen LogP contribution in [0.25, 0.3) is 0 Å². The van der Waals surface area contributed by atoms with Crippen LogP contribution in [0.1, 0.15) is 38.5 Å². The normalized spacial score (nSPS) is 23.9. The van der Waals surface area contributed by atoms with Crippen molar-refractivity contribution >= 4 is 5.97 Å². The number of nitrogens with two attached hydrogens (primary N) is 1. The van der Waals surface area contributed by atoms with Gasteiger partial charge in [-0.2, -0.15) is 0 Å². The summed E-state index contributed by atoms with van der Waals surface area (Å²) >= 11 is 0. The smallest absolute Gasteiger partial charge is 0.305 e. The maximum absolute atomic E-state index is 10.9. The molecule has 0 aliphatic heterocycles. The monoisotopic (exact) mass is 259 g/mol. The zero-order chi connectivity index (χ0) is 13.2. The number of hydrogen-bond donors (Lipinski definition) is 1. The fourth-order valence-electron chi connectivity index (χ4n) is 2.17. The van der Waals surface area contributed by atoms with Gasteiger partial charge in [-0.05, 0) is 32.1 Å². The summed E-state index contributed by atoms with van der Waals surface area (Å²) in [6, 6.07) is 0. The quantitative estimate of drug-likeness (QED) is 0.524. The highest BCUT2D eigenvalue weighted by atomic mass is 16.5. The molecule has 0 atom stereocenters. The van der Waals surface area contributed by atoms with Crippen LogP contribution >= 0.6 is 0 Å². The van der Waals surface area contributed by atoms with Crippen LogP contribution in [0.4, 0.5) is 0 Å². The SMILES string of the molecule is COC(=O)CCCOC1CCC(OCCN)CC1. The number of carbonyl (C=O) groups is 1. The van der Waals surface area contributed by atoms with E-state index in [1.54, 1.807) is 0 Å². The summed E-state index contributed by atoms with van der Waals surface area (Å²) in [7, 11) is 1.41. The molecule has 106 valence electrons. The third kappa shape index (κ3) is 6.33. The summed E-state index contributed by atoms with van der Waals surface area (Å²) in [6.45, 7) is 1.87. The van der Waals surface area contributed by atoms with Gasteiger partial charge in [-0.15, -0.1) is 0 Å². The van der Waals surface area contributed by atoms with Gasteiger partial charge in [0.15, 0.2) is 0 Å². The first-order chi connectivity index (χ1) is 8.76. The Labute approximate surface area is 109 Å². The van der Waals surface area contributed by atoms with E-state index in [0.717, 1.165) is 32.1 Å². The lowest BCUT2D eigenvalue weighted by Crippen LogP contribution is -2.28. The summed E-state index contributed by atoms with van der Waals surface area (Å²) in [5.74, 6) is -0.169. The van der Waals surface area contributed by atoms with Gasteiger partial charge in [0.05, 0.1) is 25.9 Å². The predicted octanol–water partition coefficient (Wildman–Crippen LogP) is 1.24. The van der Waals surface area contributed by atoms with Gasteiger partial charge in [0.25, 0.3) is 0 Å². The number of carbonyl (C=O) groups excluding carboxylic acids is 1. The van der Waals surface area contributed by atoms with E-state index >= 15 is 0 Å². The molecule has 0 saturated heterocycles. The van der Waals surface area contributed by atoms with Crippen LogP contribution < -0.4 is 5.73 Å². The molecule has 0 unspecified atom stereocenters. The summed E-state index contributed by atoms with van der Waals surface area (Å²) in [5, 5.41) is 0. The molecule has 0 aromatic carbocycles. The van der Waals surface area contributed by atoms with Crippen molar-refractivity contribution in [2.24, 2.45) is 5.73 Å². The van der Waals surface area contributed by atoms with Gasteiger partial charge < -0.3 is 19.9 Å². The molecule has 0 bridgehead atoms. The Morgan fingerprint density at radius 2 is 1.67 bits per heavy atom. The molecule has 5 nitrogen and oxygen atoms in total. The average Bonchev–Trinajstić information content (AvgIpc) is 2.42. The molecule has 1 fully saturated rings. The van der Waals surface area contributed by atoms with Crippen molar-refractivity contribution < 1.29 is 19.0 Å². The molecule has 1 aliphatic rings. The number of hydrogen-bond acceptors (Lipinski definition) is 5. The lowest BCUT2D eigenvalue weighted by Gasteiger charge is -2.28. The predicted molar refractivity (Wildman–Crippen MR) is 68.3 cm³/mol. The molecule has 2 N–H and O–H groups in total. The fraction of sp³-hybridized carbons (Fsp3) is 0.923. The molecule has 1 saturated carbocycles. The van der Waals surface area contributed by atoms with Crippen LogP contribution in [0.3, 0.4) is 0 Å². The minimum Gasteiger partial charge on any atom is -0.469 e. The first-order valence-electron chi connectivity index (χ1n) is 6.76. The van der Waals surface area contributed by atoms with Crippen LogP contribution in [0, 0.1) is 0 Å². The lowest BCUT2D eigenvalue weighted by atomic mass is 9.95. The Hall–Kier alpha value is -0.650. The van der Waals surface area contributed by atoms with E-state index in [1.165, 1.54) is 7.11 Å². The highest BCUT2D eigenvalue weighted by molar-refractivity contribution is 5.68. The van der Waals surface area contributed by atoms with Crippen LogP contribution in [-0.2, 0) is 19.0 Å². The largest absolute Gasteiger partial charge is 0.469 e. The summed E-state index contributed by atoms with van der Waals surface area (Å²) in [6.07, 6.45) is 6.00. The maximum Gasteiger partial charge on any atom is 0.305 e. The highest BCUT2D eigenvalue weighted by Crippen LogP contribution is 2.23. The minimum atomic E-state index is -0.169. The van der Waals surface area contributed by atoms with Crippen molar-refractivity contribution in [3.8, 4) is 0 Å². The molecule has 0 heterocycles. The molecule has 0 amide bonds. The Morgan fingerprint density at radius 1 is 1.11 bits per heavy atom. The van der Waals surface area contributed by atoms with Gasteiger partial charge >= 0.3 is 5.97 Å². The Balaban J connectivity index is 2.00. The highest BCUT2D eigenvalue weighted by Gasteiger charge is 2.21. The van der Waals surface area contributed by atoms with E-state index in [4.69, 9.17) is 15.2 Å². The zero-order valence-electron chi connectivity index (χ0n) is 11.2. The zero-order valence-corrected chi connectivity index (χ0v) is 11.2. The fourth-order valence-corrected chi connectivity index (χ4v) is 2.17. The Bertz CT molecular complexity index is 227. The third-order valence-electron chi connectivity index (χ3n) is 3.20. The molecule has 0 aromatic heterocycles. The second kappa shape index (κ2) is 9.30. The number of rotatable bonds is 8. The van der Waals surface area contributed by atoms with Gasteiger partial charge in [0, 0.05) is 19.6 Å². The molecular formula is C13H25NO4. The van der Waals surface area contributed by atoms with E-state index < -0.39 is 0 Å². The maximum atomic E-state index is 10.9. The van der Waals surface area contributed by atoms with Crippen molar-refractivity contribution in [1.29, 1.82) is 0 Å². The molecule has 0 radical (unpaired) electrons. The van der Waals surface area contributed by atoms with E-state index in [1.807, 2.05) is 0 Å². The van der Waals surface area contributed by atoms with Crippen molar-refractivity contribution in [2.45, 2.75) is 50.7 Å². The second-order valence-corrected chi connectivity index (χ2v) is 4.61. The Kier molecular flexibility index (Phi) is 7.96. The van der Waals surface area contributed by atoms with Gasteiger partial charge in [0.2, 0.25) is 0 Å². The standard InChI is InChI=1S/C13H25NO4/c1-16-13(15)3-2-9-17-11-4-6-12(7-5-11)18-10-8-14/h11-12H,2-10,14H2,1H3. The van der Waals surface area contributed by atoms with Gasteiger partial charge in [-0.25, -0.2) is 0 Å². The third-order valence-corrected chi connectivity index (χ3v) is 3.20. The van der Waals surface area contributed by atoms with Gasteiger partial charge in [-0.3, -0.25) is 4.79 Å².